The fourth-order valence-electron chi connectivity index (χ4n) is 3.60. The molecule has 1 aromatic carbocycles. The lowest BCUT2D eigenvalue weighted by atomic mass is 10.2. The lowest BCUT2D eigenvalue weighted by Gasteiger charge is -2.16. The van der Waals surface area contributed by atoms with Gasteiger partial charge >= 0.3 is 6.03 Å². The van der Waals surface area contributed by atoms with E-state index in [1.165, 1.54) is 19.4 Å². The molecule has 2 aliphatic rings. The average molecular weight is 341 g/mol. The number of urea groups is 1. The number of rotatable bonds is 7. The molecule has 6 heteroatoms. The third-order valence-corrected chi connectivity index (χ3v) is 5.14. The molecule has 25 heavy (non-hydrogen) atoms. The molecule has 0 radical (unpaired) electrons. The zero-order valence-corrected chi connectivity index (χ0v) is 14.6. The van der Waals surface area contributed by atoms with E-state index in [9.17, 15) is 4.79 Å². The number of hydrogen-bond donors (Lipinski definition) is 3. The Hall–Kier alpha value is -2.08. The SMILES string of the molecule is O=C(NCCCc1nc2ccccc2[nH]1)N[C@H]1CCN(CC2CC2)C1. The summed E-state index contributed by atoms with van der Waals surface area (Å²) in [7, 11) is 0. The molecule has 3 N–H and O–H groups in total. The molecule has 0 bridgehead atoms. The molecular weight excluding hydrogens is 314 g/mol. The van der Waals surface area contributed by atoms with Crippen LogP contribution in [-0.4, -0.2) is 53.1 Å². The number of imidazole rings is 1. The van der Waals surface area contributed by atoms with Gasteiger partial charge in [-0.3, -0.25) is 0 Å². The summed E-state index contributed by atoms with van der Waals surface area (Å²) in [5, 5.41) is 6.08. The van der Waals surface area contributed by atoms with Crippen LogP contribution < -0.4 is 10.6 Å². The number of fused-ring (bicyclic) bond motifs is 1. The number of nitrogens with zero attached hydrogens (tertiary/aromatic N) is 2. The van der Waals surface area contributed by atoms with Crippen molar-refractivity contribution in [2.45, 2.75) is 38.1 Å². The molecule has 0 unspecified atom stereocenters. The van der Waals surface area contributed by atoms with Gasteiger partial charge in [0.2, 0.25) is 0 Å². The molecule has 1 aromatic heterocycles. The first-order valence-electron chi connectivity index (χ1n) is 9.46. The Morgan fingerprint density at radius 2 is 2.16 bits per heavy atom. The number of carbonyl (C=O) groups excluding carboxylic acids is 1. The molecule has 2 fully saturated rings. The molecule has 2 heterocycles. The third kappa shape index (κ3) is 4.51. The van der Waals surface area contributed by atoms with Crippen LogP contribution in [0, 0.1) is 5.92 Å². The highest BCUT2D eigenvalue weighted by molar-refractivity contribution is 5.75. The highest BCUT2D eigenvalue weighted by atomic mass is 16.2. The quantitative estimate of drug-likeness (QED) is 0.677. The Kier molecular flexibility index (Phi) is 4.88. The van der Waals surface area contributed by atoms with E-state index in [4.69, 9.17) is 0 Å². The molecule has 1 atom stereocenters. The largest absolute Gasteiger partial charge is 0.342 e. The van der Waals surface area contributed by atoms with E-state index in [2.05, 4.69) is 25.5 Å². The van der Waals surface area contributed by atoms with Crippen molar-refractivity contribution in [2.24, 2.45) is 5.92 Å². The summed E-state index contributed by atoms with van der Waals surface area (Å²) < 4.78 is 0. The molecule has 134 valence electrons. The van der Waals surface area contributed by atoms with Gasteiger partial charge in [0, 0.05) is 38.6 Å². The molecule has 6 nitrogen and oxygen atoms in total. The van der Waals surface area contributed by atoms with Gasteiger partial charge in [-0.15, -0.1) is 0 Å². The maximum absolute atomic E-state index is 12.0. The number of aromatic nitrogens is 2. The van der Waals surface area contributed by atoms with Gasteiger partial charge in [0.1, 0.15) is 5.82 Å². The zero-order chi connectivity index (χ0) is 17.1. The molecule has 2 aromatic rings. The number of para-hydroxylation sites is 2. The predicted octanol–water partition coefficient (Wildman–Crippen LogP) is 2.28. The molecule has 2 amide bonds. The van der Waals surface area contributed by atoms with E-state index >= 15 is 0 Å². The molecule has 0 spiro atoms. The Morgan fingerprint density at radius 3 is 3.00 bits per heavy atom. The Balaban J connectivity index is 1.13. The number of aryl methyl sites for hydroxylation is 1. The van der Waals surface area contributed by atoms with E-state index in [1.807, 2.05) is 24.3 Å². The summed E-state index contributed by atoms with van der Waals surface area (Å²) in [5.74, 6) is 1.90. The molecule has 1 aliphatic heterocycles. The number of amides is 2. The second kappa shape index (κ2) is 7.44. The topological polar surface area (TPSA) is 73.0 Å². The van der Waals surface area contributed by atoms with Crippen LogP contribution in [0.4, 0.5) is 4.79 Å². The van der Waals surface area contributed by atoms with E-state index in [0.717, 1.165) is 55.1 Å². The fraction of sp³-hybridized carbons (Fsp3) is 0.579. The average Bonchev–Trinajstić information content (AvgIpc) is 3.15. The maximum atomic E-state index is 12.0. The van der Waals surface area contributed by atoms with E-state index < -0.39 is 0 Å². The molecular formula is C19H27N5O. The standard InChI is InChI=1S/C19H27N5O/c25-19(21-15-9-11-24(13-15)12-14-7-8-14)20-10-3-6-18-22-16-4-1-2-5-17(16)23-18/h1-2,4-5,14-15H,3,6-13H2,(H,22,23)(H2,20,21,25)/t15-/m0/s1. The van der Waals surface area contributed by atoms with Crippen LogP contribution in [0.1, 0.15) is 31.5 Å². The van der Waals surface area contributed by atoms with E-state index in [0.29, 0.717) is 12.6 Å². The summed E-state index contributed by atoms with van der Waals surface area (Å²) in [5.41, 5.74) is 2.07. The van der Waals surface area contributed by atoms with Crippen molar-refractivity contribution in [1.82, 2.24) is 25.5 Å². The van der Waals surface area contributed by atoms with Crippen LogP contribution >= 0.6 is 0 Å². The number of likely N-dealkylation sites (tertiary alicyclic amines) is 1. The summed E-state index contributed by atoms with van der Waals surface area (Å²) in [6.45, 7) is 4.01. The van der Waals surface area contributed by atoms with Gasteiger partial charge in [-0.25, -0.2) is 9.78 Å². The lowest BCUT2D eigenvalue weighted by Crippen LogP contribution is -2.43. The van der Waals surface area contributed by atoms with Crippen LogP contribution in [0.3, 0.4) is 0 Å². The van der Waals surface area contributed by atoms with Crippen molar-refractivity contribution < 1.29 is 4.79 Å². The normalized spacial score (nSPS) is 20.9. The second-order valence-electron chi connectivity index (χ2n) is 7.39. The van der Waals surface area contributed by atoms with Gasteiger partial charge in [0.15, 0.2) is 0 Å². The third-order valence-electron chi connectivity index (χ3n) is 5.14. The Morgan fingerprint density at radius 1 is 1.28 bits per heavy atom. The van der Waals surface area contributed by atoms with E-state index in [1.54, 1.807) is 0 Å². The summed E-state index contributed by atoms with van der Waals surface area (Å²) in [6, 6.07) is 8.30. The first-order valence-corrected chi connectivity index (χ1v) is 9.46. The van der Waals surface area contributed by atoms with Gasteiger partial charge in [-0.1, -0.05) is 12.1 Å². The van der Waals surface area contributed by atoms with Crippen LogP contribution in [0.2, 0.25) is 0 Å². The minimum Gasteiger partial charge on any atom is -0.342 e. The lowest BCUT2D eigenvalue weighted by molar-refractivity contribution is 0.236. The smallest absolute Gasteiger partial charge is 0.315 e. The first-order chi connectivity index (χ1) is 12.3. The van der Waals surface area contributed by atoms with Crippen molar-refractivity contribution in [2.75, 3.05) is 26.2 Å². The minimum atomic E-state index is -0.0390. The van der Waals surface area contributed by atoms with Gasteiger partial charge in [-0.2, -0.15) is 0 Å². The van der Waals surface area contributed by atoms with Crippen LogP contribution in [0.5, 0.6) is 0 Å². The highest BCUT2D eigenvalue weighted by Crippen LogP contribution is 2.30. The number of carbonyl (C=O) groups is 1. The number of hydrogen-bond acceptors (Lipinski definition) is 3. The summed E-state index contributed by atoms with van der Waals surface area (Å²) >= 11 is 0. The van der Waals surface area contributed by atoms with Crippen molar-refractivity contribution in [3.05, 3.63) is 30.1 Å². The fourth-order valence-corrected chi connectivity index (χ4v) is 3.60. The zero-order valence-electron chi connectivity index (χ0n) is 14.6. The predicted molar refractivity (Wildman–Crippen MR) is 98.5 cm³/mol. The molecule has 1 aliphatic carbocycles. The Labute approximate surface area is 148 Å². The monoisotopic (exact) mass is 341 g/mol. The van der Waals surface area contributed by atoms with Gasteiger partial charge in [0.05, 0.1) is 11.0 Å². The van der Waals surface area contributed by atoms with Crippen molar-refractivity contribution in [3.63, 3.8) is 0 Å². The number of nitrogens with one attached hydrogen (secondary N) is 3. The number of H-pyrrole nitrogens is 1. The molecule has 1 saturated carbocycles. The van der Waals surface area contributed by atoms with E-state index in [-0.39, 0.29) is 6.03 Å². The van der Waals surface area contributed by atoms with Crippen molar-refractivity contribution in [3.8, 4) is 0 Å². The Bertz CT molecular complexity index is 690. The van der Waals surface area contributed by atoms with Gasteiger partial charge in [-0.05, 0) is 43.7 Å². The van der Waals surface area contributed by atoms with Crippen LogP contribution in [0.25, 0.3) is 11.0 Å². The second-order valence-corrected chi connectivity index (χ2v) is 7.39. The van der Waals surface area contributed by atoms with Gasteiger partial charge in [0.25, 0.3) is 0 Å². The van der Waals surface area contributed by atoms with Crippen LogP contribution in [-0.2, 0) is 6.42 Å². The van der Waals surface area contributed by atoms with Crippen molar-refractivity contribution >= 4 is 17.1 Å². The molecule has 4 rings (SSSR count). The summed E-state index contributed by atoms with van der Waals surface area (Å²) in [4.78, 5) is 22.4. The number of benzene rings is 1. The van der Waals surface area contributed by atoms with Crippen LogP contribution in [0.15, 0.2) is 24.3 Å². The molecule has 1 saturated heterocycles. The number of aromatic amines is 1. The first kappa shape index (κ1) is 16.4. The maximum Gasteiger partial charge on any atom is 0.315 e. The van der Waals surface area contributed by atoms with Gasteiger partial charge < -0.3 is 20.5 Å². The minimum absolute atomic E-state index is 0.0390. The van der Waals surface area contributed by atoms with Crippen molar-refractivity contribution in [1.29, 1.82) is 0 Å². The highest BCUT2D eigenvalue weighted by Gasteiger charge is 2.29. The summed E-state index contributed by atoms with van der Waals surface area (Å²) in [6.07, 6.45) is 5.57.